The Kier molecular flexibility index (Phi) is 3.01. The van der Waals surface area contributed by atoms with E-state index >= 15 is 0 Å². The van der Waals surface area contributed by atoms with Crippen LogP contribution in [0.3, 0.4) is 0 Å². The molecule has 0 amide bonds. The van der Waals surface area contributed by atoms with Gasteiger partial charge in [-0.05, 0) is 32.9 Å². The van der Waals surface area contributed by atoms with Gasteiger partial charge in [-0.1, -0.05) is 11.2 Å². The number of aromatic carboxylic acids is 1. The predicted molar refractivity (Wildman–Crippen MR) is 76.5 cm³/mol. The Bertz CT molecular complexity index is 812. The standard InChI is InChI=1S/C15H15N3O3/c1-8-13(10(3)21-17-8)9(2)18-7-16-14-11(15(19)20)5-4-6-12(14)18/h4-7,9H,1-3H3,(H,19,20). The topological polar surface area (TPSA) is 81.2 Å². The van der Waals surface area contributed by atoms with Crippen molar-refractivity contribution in [1.29, 1.82) is 0 Å². The average molecular weight is 285 g/mol. The first-order valence-electron chi connectivity index (χ1n) is 6.62. The molecule has 0 saturated heterocycles. The number of aromatic nitrogens is 3. The van der Waals surface area contributed by atoms with Crippen molar-refractivity contribution in [1.82, 2.24) is 14.7 Å². The van der Waals surface area contributed by atoms with Gasteiger partial charge < -0.3 is 14.2 Å². The molecule has 6 nitrogen and oxygen atoms in total. The van der Waals surface area contributed by atoms with E-state index in [0.717, 1.165) is 22.5 Å². The van der Waals surface area contributed by atoms with Gasteiger partial charge in [0.05, 0.1) is 29.1 Å². The van der Waals surface area contributed by atoms with Crippen LogP contribution in [0, 0.1) is 13.8 Å². The van der Waals surface area contributed by atoms with Crippen LogP contribution in [0.5, 0.6) is 0 Å². The normalized spacial score (nSPS) is 12.7. The van der Waals surface area contributed by atoms with E-state index in [0.29, 0.717) is 5.52 Å². The SMILES string of the molecule is Cc1noc(C)c1C(C)n1cnc2c(C(=O)O)cccc21. The molecule has 0 fully saturated rings. The number of carboxylic acid groups (broad SMARTS) is 1. The molecule has 1 N–H and O–H groups in total. The third-order valence-electron chi connectivity index (χ3n) is 3.76. The number of hydrogen-bond donors (Lipinski definition) is 1. The number of rotatable bonds is 3. The van der Waals surface area contributed by atoms with Crippen molar-refractivity contribution in [3.8, 4) is 0 Å². The van der Waals surface area contributed by atoms with Crippen LogP contribution in [0.2, 0.25) is 0 Å². The Hall–Kier alpha value is -2.63. The Morgan fingerprint density at radius 3 is 2.76 bits per heavy atom. The number of aryl methyl sites for hydroxylation is 2. The van der Waals surface area contributed by atoms with Gasteiger partial charge in [-0.2, -0.15) is 0 Å². The first-order chi connectivity index (χ1) is 10.0. The monoisotopic (exact) mass is 285 g/mol. The largest absolute Gasteiger partial charge is 0.478 e. The molecule has 0 spiro atoms. The molecule has 3 aromatic rings. The molecule has 0 bridgehead atoms. The Morgan fingerprint density at radius 1 is 1.38 bits per heavy atom. The number of para-hydroxylation sites is 1. The van der Waals surface area contributed by atoms with Gasteiger partial charge in [0.1, 0.15) is 11.3 Å². The minimum Gasteiger partial charge on any atom is -0.478 e. The van der Waals surface area contributed by atoms with Gasteiger partial charge in [-0.15, -0.1) is 0 Å². The molecule has 1 atom stereocenters. The van der Waals surface area contributed by atoms with E-state index in [9.17, 15) is 9.90 Å². The van der Waals surface area contributed by atoms with Crippen LogP contribution in [0.1, 0.15) is 40.3 Å². The molecule has 0 aliphatic heterocycles. The zero-order valence-electron chi connectivity index (χ0n) is 12.0. The lowest BCUT2D eigenvalue weighted by atomic mass is 10.1. The van der Waals surface area contributed by atoms with Gasteiger partial charge in [0, 0.05) is 5.56 Å². The fourth-order valence-electron chi connectivity index (χ4n) is 2.76. The first kappa shape index (κ1) is 13.4. The summed E-state index contributed by atoms with van der Waals surface area (Å²) in [6.45, 7) is 5.78. The van der Waals surface area contributed by atoms with Crippen molar-refractivity contribution in [3.63, 3.8) is 0 Å². The quantitative estimate of drug-likeness (QED) is 0.800. The summed E-state index contributed by atoms with van der Waals surface area (Å²) in [6, 6.07) is 5.11. The lowest BCUT2D eigenvalue weighted by Crippen LogP contribution is -2.07. The van der Waals surface area contributed by atoms with Gasteiger partial charge in [-0.3, -0.25) is 0 Å². The van der Waals surface area contributed by atoms with Crippen molar-refractivity contribution in [2.24, 2.45) is 0 Å². The van der Waals surface area contributed by atoms with Gasteiger partial charge in [-0.25, -0.2) is 9.78 Å². The molecule has 3 rings (SSSR count). The number of fused-ring (bicyclic) bond motifs is 1. The molecule has 0 radical (unpaired) electrons. The third kappa shape index (κ3) is 1.99. The summed E-state index contributed by atoms with van der Waals surface area (Å²) >= 11 is 0. The van der Waals surface area contributed by atoms with Crippen molar-refractivity contribution in [2.45, 2.75) is 26.8 Å². The molecule has 0 saturated carbocycles. The fraction of sp³-hybridized carbons (Fsp3) is 0.267. The first-order valence-corrected chi connectivity index (χ1v) is 6.62. The van der Waals surface area contributed by atoms with E-state index in [1.165, 1.54) is 0 Å². The maximum atomic E-state index is 11.3. The van der Waals surface area contributed by atoms with E-state index in [1.807, 2.05) is 31.4 Å². The van der Waals surface area contributed by atoms with Crippen LogP contribution in [0.4, 0.5) is 0 Å². The summed E-state index contributed by atoms with van der Waals surface area (Å²) in [5.41, 5.74) is 3.30. The second-order valence-corrected chi connectivity index (χ2v) is 5.04. The van der Waals surface area contributed by atoms with Crippen LogP contribution in [0.15, 0.2) is 29.0 Å². The van der Waals surface area contributed by atoms with Crippen molar-refractivity contribution >= 4 is 17.0 Å². The Labute approximate surface area is 121 Å². The second-order valence-electron chi connectivity index (χ2n) is 5.04. The van der Waals surface area contributed by atoms with Crippen molar-refractivity contribution in [2.75, 3.05) is 0 Å². The number of hydrogen-bond acceptors (Lipinski definition) is 4. The minimum absolute atomic E-state index is 0.0368. The molecule has 108 valence electrons. The molecule has 2 heterocycles. The van der Waals surface area contributed by atoms with E-state index in [-0.39, 0.29) is 11.6 Å². The highest BCUT2D eigenvalue weighted by Crippen LogP contribution is 2.28. The second kappa shape index (κ2) is 4.73. The van der Waals surface area contributed by atoms with Crippen LogP contribution in [0.25, 0.3) is 11.0 Å². The average Bonchev–Trinajstić information content (AvgIpc) is 3.01. The summed E-state index contributed by atoms with van der Waals surface area (Å²) in [5, 5.41) is 13.2. The van der Waals surface area contributed by atoms with Crippen LogP contribution < -0.4 is 0 Å². The van der Waals surface area contributed by atoms with Gasteiger partial charge in [0.15, 0.2) is 0 Å². The van der Waals surface area contributed by atoms with E-state index in [2.05, 4.69) is 10.1 Å². The molecular formula is C15H15N3O3. The van der Waals surface area contributed by atoms with E-state index in [1.54, 1.807) is 18.5 Å². The van der Waals surface area contributed by atoms with Crippen LogP contribution in [-0.2, 0) is 0 Å². The number of benzene rings is 1. The summed E-state index contributed by atoms with van der Waals surface area (Å²) < 4.78 is 7.15. The molecule has 2 aromatic heterocycles. The zero-order chi connectivity index (χ0) is 15.1. The Balaban J connectivity index is 2.18. The van der Waals surface area contributed by atoms with E-state index in [4.69, 9.17) is 4.52 Å². The molecule has 6 heteroatoms. The van der Waals surface area contributed by atoms with Gasteiger partial charge in [0.25, 0.3) is 0 Å². The predicted octanol–water partition coefficient (Wildman–Crippen LogP) is 2.95. The molecule has 1 aromatic carbocycles. The lowest BCUT2D eigenvalue weighted by Gasteiger charge is -2.14. The highest BCUT2D eigenvalue weighted by molar-refractivity contribution is 6.00. The summed E-state index contributed by atoms with van der Waals surface area (Å²) in [7, 11) is 0. The number of carbonyl (C=O) groups is 1. The maximum Gasteiger partial charge on any atom is 0.337 e. The number of nitrogens with zero attached hydrogens (tertiary/aromatic N) is 3. The van der Waals surface area contributed by atoms with Gasteiger partial charge in [0.2, 0.25) is 0 Å². The van der Waals surface area contributed by atoms with Crippen molar-refractivity contribution in [3.05, 3.63) is 47.1 Å². The smallest absolute Gasteiger partial charge is 0.337 e. The molecule has 21 heavy (non-hydrogen) atoms. The number of imidazole rings is 1. The lowest BCUT2D eigenvalue weighted by molar-refractivity contribution is 0.0699. The summed E-state index contributed by atoms with van der Waals surface area (Å²) in [4.78, 5) is 15.5. The zero-order valence-corrected chi connectivity index (χ0v) is 12.0. The summed E-state index contributed by atoms with van der Waals surface area (Å²) in [6.07, 6.45) is 1.66. The fourth-order valence-corrected chi connectivity index (χ4v) is 2.76. The highest BCUT2D eigenvalue weighted by atomic mass is 16.5. The van der Waals surface area contributed by atoms with Gasteiger partial charge >= 0.3 is 5.97 Å². The maximum absolute atomic E-state index is 11.3. The Morgan fingerprint density at radius 2 is 2.14 bits per heavy atom. The highest BCUT2D eigenvalue weighted by Gasteiger charge is 2.21. The molecular weight excluding hydrogens is 270 g/mol. The van der Waals surface area contributed by atoms with Crippen LogP contribution >= 0.6 is 0 Å². The third-order valence-corrected chi connectivity index (χ3v) is 3.76. The van der Waals surface area contributed by atoms with Crippen molar-refractivity contribution < 1.29 is 14.4 Å². The molecule has 1 unspecified atom stereocenters. The van der Waals surface area contributed by atoms with E-state index < -0.39 is 5.97 Å². The molecule has 0 aliphatic carbocycles. The number of carboxylic acids is 1. The minimum atomic E-state index is -0.976. The molecule has 0 aliphatic rings. The summed E-state index contributed by atoms with van der Waals surface area (Å²) in [5.74, 6) is -0.216. The van der Waals surface area contributed by atoms with Crippen LogP contribution in [-0.4, -0.2) is 25.8 Å².